The SMILES string of the molecule is CC(C)CN1CCOC(CNC(=O)/C=C/c2cc(Br)ccc2OC(F)F)C1. The predicted molar refractivity (Wildman–Crippen MR) is 104 cm³/mol. The number of alkyl halides is 2. The van der Waals surface area contributed by atoms with Crippen LogP contribution in [0.1, 0.15) is 19.4 Å². The van der Waals surface area contributed by atoms with Crippen LogP contribution in [0.25, 0.3) is 6.08 Å². The summed E-state index contributed by atoms with van der Waals surface area (Å²) in [6.45, 7) is 5.15. The van der Waals surface area contributed by atoms with Gasteiger partial charge in [-0.25, -0.2) is 0 Å². The zero-order chi connectivity index (χ0) is 19.8. The molecule has 1 aliphatic rings. The van der Waals surface area contributed by atoms with Gasteiger partial charge in [0.05, 0.1) is 12.7 Å². The van der Waals surface area contributed by atoms with Gasteiger partial charge in [0, 0.05) is 42.3 Å². The fraction of sp³-hybridized carbons (Fsp3) is 0.526. The van der Waals surface area contributed by atoms with E-state index in [-0.39, 0.29) is 17.8 Å². The molecular weight excluding hydrogens is 422 g/mol. The summed E-state index contributed by atoms with van der Waals surface area (Å²) in [4.78, 5) is 14.4. The first kappa shape index (κ1) is 21.8. The van der Waals surface area contributed by atoms with E-state index in [1.807, 2.05) is 0 Å². The Labute approximate surface area is 166 Å². The minimum absolute atomic E-state index is 0.0113. The summed E-state index contributed by atoms with van der Waals surface area (Å²) in [6, 6.07) is 4.63. The van der Waals surface area contributed by atoms with Crippen LogP contribution in [0.15, 0.2) is 28.7 Å². The van der Waals surface area contributed by atoms with Gasteiger partial charge in [-0.3, -0.25) is 9.69 Å². The summed E-state index contributed by atoms with van der Waals surface area (Å²) in [5.74, 6) is 0.274. The third kappa shape index (κ3) is 7.94. The average molecular weight is 447 g/mol. The van der Waals surface area contributed by atoms with Gasteiger partial charge in [-0.05, 0) is 30.2 Å². The number of hydrogen-bond acceptors (Lipinski definition) is 4. The minimum Gasteiger partial charge on any atom is -0.434 e. The van der Waals surface area contributed by atoms with Crippen molar-refractivity contribution < 1.29 is 23.0 Å². The van der Waals surface area contributed by atoms with Crippen LogP contribution in [0, 0.1) is 5.92 Å². The quantitative estimate of drug-likeness (QED) is 0.620. The molecule has 0 spiro atoms. The molecule has 0 aromatic heterocycles. The predicted octanol–water partition coefficient (Wildman–Crippen LogP) is 3.54. The molecule has 27 heavy (non-hydrogen) atoms. The molecule has 1 amide bonds. The molecule has 5 nitrogen and oxygen atoms in total. The molecule has 0 saturated carbocycles. The highest BCUT2D eigenvalue weighted by atomic mass is 79.9. The van der Waals surface area contributed by atoms with Crippen LogP contribution in [0.3, 0.4) is 0 Å². The number of nitrogens with one attached hydrogen (secondary N) is 1. The van der Waals surface area contributed by atoms with E-state index in [0.29, 0.717) is 29.1 Å². The average Bonchev–Trinajstić information content (AvgIpc) is 2.59. The van der Waals surface area contributed by atoms with Gasteiger partial charge in [-0.15, -0.1) is 0 Å². The van der Waals surface area contributed by atoms with Gasteiger partial charge in [0.1, 0.15) is 5.75 Å². The summed E-state index contributed by atoms with van der Waals surface area (Å²) in [5.41, 5.74) is 0.386. The lowest BCUT2D eigenvalue weighted by molar-refractivity contribution is -0.117. The molecule has 150 valence electrons. The Kier molecular flexibility index (Phi) is 8.66. The molecule has 1 aliphatic heterocycles. The number of nitrogens with zero attached hydrogens (tertiary/aromatic N) is 1. The topological polar surface area (TPSA) is 50.8 Å². The van der Waals surface area contributed by atoms with Crippen LogP contribution in [-0.4, -0.2) is 56.3 Å². The van der Waals surface area contributed by atoms with E-state index in [1.165, 1.54) is 18.2 Å². The van der Waals surface area contributed by atoms with Crippen molar-refractivity contribution >= 4 is 27.9 Å². The third-order valence-corrected chi connectivity index (χ3v) is 4.45. The third-order valence-electron chi connectivity index (χ3n) is 3.95. The number of rotatable bonds is 8. The monoisotopic (exact) mass is 446 g/mol. The van der Waals surface area contributed by atoms with Crippen LogP contribution in [0.2, 0.25) is 0 Å². The van der Waals surface area contributed by atoms with Crippen molar-refractivity contribution in [2.75, 3.05) is 32.8 Å². The van der Waals surface area contributed by atoms with Gasteiger partial charge in [-0.2, -0.15) is 8.78 Å². The van der Waals surface area contributed by atoms with Crippen molar-refractivity contribution in [1.82, 2.24) is 10.2 Å². The second-order valence-corrected chi connectivity index (χ2v) is 7.70. The van der Waals surface area contributed by atoms with E-state index in [9.17, 15) is 13.6 Å². The molecular formula is C19H25BrF2N2O3. The Morgan fingerprint density at radius 3 is 2.96 bits per heavy atom. The number of morpholine rings is 1. The number of benzene rings is 1. The molecule has 1 atom stereocenters. The van der Waals surface area contributed by atoms with E-state index < -0.39 is 6.61 Å². The van der Waals surface area contributed by atoms with Gasteiger partial charge in [0.25, 0.3) is 0 Å². The summed E-state index contributed by atoms with van der Waals surface area (Å²) >= 11 is 3.28. The zero-order valence-electron chi connectivity index (χ0n) is 15.5. The Morgan fingerprint density at radius 1 is 1.48 bits per heavy atom. The number of carbonyl (C=O) groups is 1. The summed E-state index contributed by atoms with van der Waals surface area (Å²) < 4.78 is 35.8. The van der Waals surface area contributed by atoms with E-state index in [0.717, 1.165) is 19.6 Å². The van der Waals surface area contributed by atoms with Gasteiger partial charge in [-0.1, -0.05) is 29.8 Å². The zero-order valence-corrected chi connectivity index (χ0v) is 17.0. The van der Waals surface area contributed by atoms with Crippen molar-refractivity contribution in [3.8, 4) is 5.75 Å². The molecule has 1 heterocycles. The molecule has 1 aromatic carbocycles. The van der Waals surface area contributed by atoms with Gasteiger partial charge in [0.2, 0.25) is 5.91 Å². The van der Waals surface area contributed by atoms with E-state index >= 15 is 0 Å². The fourth-order valence-corrected chi connectivity index (χ4v) is 3.26. The summed E-state index contributed by atoms with van der Waals surface area (Å²) in [7, 11) is 0. The molecule has 1 N–H and O–H groups in total. The normalized spacial score (nSPS) is 18.4. The Balaban J connectivity index is 1.87. The molecule has 1 unspecified atom stereocenters. The number of halogens is 3. The van der Waals surface area contributed by atoms with E-state index in [2.05, 4.69) is 44.7 Å². The first-order chi connectivity index (χ1) is 12.8. The number of ether oxygens (including phenoxy) is 2. The number of carbonyl (C=O) groups excluding carboxylic acids is 1. The second-order valence-electron chi connectivity index (χ2n) is 6.79. The van der Waals surface area contributed by atoms with E-state index in [1.54, 1.807) is 12.1 Å². The first-order valence-electron chi connectivity index (χ1n) is 8.87. The molecule has 2 rings (SSSR count). The largest absolute Gasteiger partial charge is 0.434 e. The molecule has 0 radical (unpaired) electrons. The Hall–Kier alpha value is -1.51. The lowest BCUT2D eigenvalue weighted by Crippen LogP contribution is -2.48. The van der Waals surface area contributed by atoms with Gasteiger partial charge < -0.3 is 14.8 Å². The maximum Gasteiger partial charge on any atom is 0.387 e. The van der Waals surface area contributed by atoms with Crippen LogP contribution in [0.4, 0.5) is 8.78 Å². The molecule has 1 fully saturated rings. The lowest BCUT2D eigenvalue weighted by atomic mass is 10.1. The molecule has 8 heteroatoms. The molecule has 1 aromatic rings. The van der Waals surface area contributed by atoms with Crippen LogP contribution >= 0.6 is 15.9 Å². The van der Waals surface area contributed by atoms with Gasteiger partial charge in [0.15, 0.2) is 0 Å². The first-order valence-corrected chi connectivity index (χ1v) is 9.67. The lowest BCUT2D eigenvalue weighted by Gasteiger charge is -2.33. The van der Waals surface area contributed by atoms with Crippen molar-refractivity contribution in [3.63, 3.8) is 0 Å². The highest BCUT2D eigenvalue weighted by molar-refractivity contribution is 9.10. The molecule has 1 saturated heterocycles. The summed E-state index contributed by atoms with van der Waals surface area (Å²) in [5, 5.41) is 2.79. The Morgan fingerprint density at radius 2 is 2.26 bits per heavy atom. The minimum atomic E-state index is -2.93. The molecule has 0 bridgehead atoms. The number of hydrogen-bond donors (Lipinski definition) is 1. The molecule has 0 aliphatic carbocycles. The standard InChI is InChI=1S/C19H25BrF2N2O3/c1-13(2)11-24-7-8-26-16(12-24)10-23-18(25)6-3-14-9-15(20)4-5-17(14)27-19(21)22/h3-6,9,13,16,19H,7-8,10-12H2,1-2H3,(H,23,25)/b6-3+. The van der Waals surface area contributed by atoms with Crippen molar-refractivity contribution in [3.05, 3.63) is 34.3 Å². The van der Waals surface area contributed by atoms with Crippen LogP contribution in [-0.2, 0) is 9.53 Å². The van der Waals surface area contributed by atoms with Gasteiger partial charge >= 0.3 is 6.61 Å². The van der Waals surface area contributed by atoms with Crippen molar-refractivity contribution in [1.29, 1.82) is 0 Å². The number of amides is 1. The second kappa shape index (κ2) is 10.7. The highest BCUT2D eigenvalue weighted by Gasteiger charge is 2.21. The van der Waals surface area contributed by atoms with Crippen LogP contribution in [0.5, 0.6) is 5.75 Å². The maximum atomic E-state index is 12.5. The fourth-order valence-electron chi connectivity index (χ4n) is 2.88. The maximum absolute atomic E-state index is 12.5. The van der Waals surface area contributed by atoms with Crippen molar-refractivity contribution in [2.45, 2.75) is 26.6 Å². The van der Waals surface area contributed by atoms with Crippen molar-refractivity contribution in [2.24, 2.45) is 5.92 Å². The smallest absolute Gasteiger partial charge is 0.387 e. The summed E-state index contributed by atoms with van der Waals surface area (Å²) in [6.07, 6.45) is 2.69. The Bertz CT molecular complexity index is 656. The highest BCUT2D eigenvalue weighted by Crippen LogP contribution is 2.25. The van der Waals surface area contributed by atoms with E-state index in [4.69, 9.17) is 4.74 Å². The van der Waals surface area contributed by atoms with Crippen LogP contribution < -0.4 is 10.1 Å².